The monoisotopic (exact) mass is 351 g/mol. The van der Waals surface area contributed by atoms with Crippen molar-refractivity contribution in [3.63, 3.8) is 0 Å². The Morgan fingerprint density at radius 2 is 1.00 bits per heavy atom. The van der Waals surface area contributed by atoms with E-state index in [0.29, 0.717) is 19.8 Å². The van der Waals surface area contributed by atoms with Gasteiger partial charge >= 0.3 is 0 Å². The normalized spacial score (nSPS) is 9.91. The number of hydrogen-bond donors (Lipinski definition) is 6. The molecule has 10 N–H and O–H groups in total. The van der Waals surface area contributed by atoms with Gasteiger partial charge in [-0.15, -0.1) is 0 Å². The van der Waals surface area contributed by atoms with E-state index in [-0.39, 0.29) is 15.8 Å². The molecule has 0 radical (unpaired) electrons. The Labute approximate surface area is 144 Å². The van der Waals surface area contributed by atoms with Crippen molar-refractivity contribution in [1.29, 1.82) is 0 Å². The summed E-state index contributed by atoms with van der Waals surface area (Å²) in [4.78, 5) is 12.3. The fraction of sp³-hybridized carbons (Fsp3) is 1.00. The minimum atomic E-state index is 0. The Hall–Kier alpha value is -0.360. The Morgan fingerprint density at radius 1 is 0.739 bits per heavy atom. The third-order valence-corrected chi connectivity index (χ3v) is 3.58. The summed E-state index contributed by atoms with van der Waals surface area (Å²) in [5.74, 6) is 0. The van der Waals surface area contributed by atoms with Crippen LogP contribution in [0.4, 0.5) is 0 Å². The highest BCUT2D eigenvalue weighted by Gasteiger charge is 2.26. The average molecular weight is 352 g/mol. The maximum Gasteiger partial charge on any atom is 0.0820 e. The van der Waals surface area contributed by atoms with Gasteiger partial charge < -0.3 is 17.6 Å². The van der Waals surface area contributed by atoms with E-state index in [2.05, 4.69) is 33.1 Å². The first-order chi connectivity index (χ1) is 10.7. The van der Waals surface area contributed by atoms with Gasteiger partial charge in [0.25, 0.3) is 0 Å². The SMILES string of the molecule is CCC(CCCOO)(CCCOO)CCCOO.CN.CN.N.[HH].[HH].[HH]. The zero-order valence-corrected chi connectivity index (χ0v) is 15.0. The third kappa shape index (κ3) is 19.6. The number of nitrogens with two attached hydrogens (primary N) is 2. The topological polar surface area (TPSA) is 175 Å². The average Bonchev–Trinajstić information content (AvgIpc) is 2.58. The summed E-state index contributed by atoms with van der Waals surface area (Å²) in [5.41, 5.74) is 9.12. The molecule has 0 aliphatic rings. The van der Waals surface area contributed by atoms with Crippen molar-refractivity contribution < 1.29 is 34.7 Å². The molecular formula is C14H45N3O6. The molecule has 0 amide bonds. The lowest BCUT2D eigenvalue weighted by molar-refractivity contribution is -0.247. The summed E-state index contributed by atoms with van der Waals surface area (Å²) < 4.78 is 0. The standard InChI is InChI=1S/C12H26O6.2CH5N.H3N.3H2/c1-2-12(6-3-9-16-13,7-4-10-17-14)8-5-11-18-15;2*1-2;;;;/h13-15H,2-11H2,1H3;2*2H2,1H3;1H3;3*1H. The highest BCUT2D eigenvalue weighted by Crippen LogP contribution is 2.38. The zero-order chi connectivity index (χ0) is 17.7. The van der Waals surface area contributed by atoms with Crippen LogP contribution in [0, 0.1) is 5.41 Å². The molecule has 152 valence electrons. The molecule has 0 fully saturated rings. The highest BCUT2D eigenvalue weighted by atomic mass is 17.1. The molecule has 23 heavy (non-hydrogen) atoms. The van der Waals surface area contributed by atoms with Crippen molar-refractivity contribution in [2.45, 2.75) is 51.9 Å². The first-order valence-electron chi connectivity index (χ1n) is 7.69. The van der Waals surface area contributed by atoms with Gasteiger partial charge in [-0.3, -0.25) is 15.8 Å². The van der Waals surface area contributed by atoms with Crippen molar-refractivity contribution in [2.75, 3.05) is 33.9 Å². The van der Waals surface area contributed by atoms with Gasteiger partial charge in [0.2, 0.25) is 0 Å². The first kappa shape index (κ1) is 30.5. The Balaban J connectivity index is -0.0000000839. The van der Waals surface area contributed by atoms with Gasteiger partial charge in [-0.1, -0.05) is 13.3 Å². The van der Waals surface area contributed by atoms with Gasteiger partial charge in [0, 0.05) is 4.28 Å². The summed E-state index contributed by atoms with van der Waals surface area (Å²) in [6.07, 6.45) is 6.14. The minimum absolute atomic E-state index is 0. The second kappa shape index (κ2) is 26.5. The summed E-state index contributed by atoms with van der Waals surface area (Å²) in [6.45, 7) is 3.11. The molecule has 0 aromatic heterocycles. The number of rotatable bonds is 13. The molecule has 0 heterocycles. The number of hydrogen-bond acceptors (Lipinski definition) is 9. The lowest BCUT2D eigenvalue weighted by Crippen LogP contribution is -2.22. The van der Waals surface area contributed by atoms with Crippen molar-refractivity contribution in [2.24, 2.45) is 16.9 Å². The van der Waals surface area contributed by atoms with Crippen LogP contribution in [-0.2, 0) is 14.7 Å². The molecule has 0 spiro atoms. The van der Waals surface area contributed by atoms with Crippen molar-refractivity contribution in [3.8, 4) is 0 Å². The van der Waals surface area contributed by atoms with Crippen LogP contribution in [0.25, 0.3) is 0 Å². The molecule has 9 heteroatoms. The highest BCUT2D eigenvalue weighted by molar-refractivity contribution is 4.78. The van der Waals surface area contributed by atoms with E-state index in [1.165, 1.54) is 14.1 Å². The van der Waals surface area contributed by atoms with Crippen molar-refractivity contribution >= 4 is 0 Å². The molecule has 0 unspecified atom stereocenters. The minimum Gasteiger partial charge on any atom is -0.344 e. The first-order valence-corrected chi connectivity index (χ1v) is 7.69. The van der Waals surface area contributed by atoms with Crippen LogP contribution in [0.5, 0.6) is 0 Å². The van der Waals surface area contributed by atoms with E-state index in [1.807, 2.05) is 0 Å². The van der Waals surface area contributed by atoms with E-state index < -0.39 is 0 Å². The predicted octanol–water partition coefficient (Wildman–Crippen LogP) is 3.24. The summed E-state index contributed by atoms with van der Waals surface area (Å²) in [6, 6.07) is 0. The van der Waals surface area contributed by atoms with Crippen molar-refractivity contribution in [1.82, 2.24) is 6.15 Å². The largest absolute Gasteiger partial charge is 0.344 e. The molecule has 0 aliphatic heterocycles. The zero-order valence-electron chi connectivity index (χ0n) is 15.0. The van der Waals surface area contributed by atoms with Crippen LogP contribution >= 0.6 is 0 Å². The van der Waals surface area contributed by atoms with Crippen LogP contribution in [-0.4, -0.2) is 49.7 Å². The second-order valence-electron chi connectivity index (χ2n) is 4.66. The summed E-state index contributed by atoms with van der Waals surface area (Å²) in [7, 11) is 3.00. The Kier molecular flexibility index (Phi) is 35.2. The molecule has 0 saturated heterocycles. The van der Waals surface area contributed by atoms with Gasteiger partial charge in [-0.2, -0.15) is 0 Å². The molecule has 9 nitrogen and oxygen atoms in total. The van der Waals surface area contributed by atoms with Crippen LogP contribution in [0.3, 0.4) is 0 Å². The van der Waals surface area contributed by atoms with Crippen LogP contribution in [0.1, 0.15) is 56.1 Å². The van der Waals surface area contributed by atoms with Crippen LogP contribution in [0.15, 0.2) is 0 Å². The van der Waals surface area contributed by atoms with Gasteiger partial charge in [-0.25, -0.2) is 14.7 Å². The fourth-order valence-electron chi connectivity index (χ4n) is 2.44. The van der Waals surface area contributed by atoms with E-state index in [1.54, 1.807) is 0 Å². The van der Waals surface area contributed by atoms with E-state index in [0.717, 1.165) is 44.9 Å². The molecular weight excluding hydrogens is 306 g/mol. The molecule has 0 bridgehead atoms. The van der Waals surface area contributed by atoms with Crippen LogP contribution < -0.4 is 17.6 Å². The molecule has 0 aliphatic carbocycles. The maximum absolute atomic E-state index is 8.36. The molecule has 0 aromatic rings. The molecule has 0 atom stereocenters. The molecule has 0 saturated carbocycles. The Bertz CT molecular complexity index is 177. The molecule has 0 rings (SSSR count). The maximum atomic E-state index is 8.36. The van der Waals surface area contributed by atoms with E-state index in [9.17, 15) is 0 Å². The van der Waals surface area contributed by atoms with Crippen LogP contribution in [0.2, 0.25) is 0 Å². The summed E-state index contributed by atoms with van der Waals surface area (Å²) in [5, 5.41) is 25.1. The predicted molar refractivity (Wildman–Crippen MR) is 97.8 cm³/mol. The van der Waals surface area contributed by atoms with Gasteiger partial charge in [0.1, 0.15) is 0 Å². The third-order valence-electron chi connectivity index (χ3n) is 3.58. The van der Waals surface area contributed by atoms with Gasteiger partial charge in [0.05, 0.1) is 19.8 Å². The lowest BCUT2D eigenvalue weighted by Gasteiger charge is -2.33. The molecule has 0 aromatic carbocycles. The van der Waals surface area contributed by atoms with E-state index in [4.69, 9.17) is 15.8 Å². The quantitative estimate of drug-likeness (QED) is 0.165. The van der Waals surface area contributed by atoms with E-state index >= 15 is 0 Å². The Morgan fingerprint density at radius 3 is 1.17 bits per heavy atom. The van der Waals surface area contributed by atoms with Gasteiger partial charge in [-0.05, 0) is 58.0 Å². The lowest BCUT2D eigenvalue weighted by atomic mass is 9.73. The smallest absolute Gasteiger partial charge is 0.0820 e. The second-order valence-corrected chi connectivity index (χ2v) is 4.66. The van der Waals surface area contributed by atoms with Gasteiger partial charge in [0.15, 0.2) is 0 Å². The summed E-state index contributed by atoms with van der Waals surface area (Å²) >= 11 is 0. The van der Waals surface area contributed by atoms with Crippen molar-refractivity contribution in [3.05, 3.63) is 0 Å². The fourth-order valence-corrected chi connectivity index (χ4v) is 2.44.